The summed E-state index contributed by atoms with van der Waals surface area (Å²) < 4.78 is 5.94. The molecule has 0 aromatic carbocycles. The number of hydrogen-bond acceptors (Lipinski definition) is 3. The van der Waals surface area contributed by atoms with E-state index in [9.17, 15) is 0 Å². The summed E-state index contributed by atoms with van der Waals surface area (Å²) in [6, 6.07) is 4.31. The molecule has 0 bridgehead atoms. The Kier molecular flexibility index (Phi) is 2.17. The lowest BCUT2D eigenvalue weighted by Gasteiger charge is -1.91. The quantitative estimate of drug-likeness (QED) is 0.636. The lowest BCUT2D eigenvalue weighted by Crippen LogP contribution is -2.07. The van der Waals surface area contributed by atoms with E-state index in [1.807, 2.05) is 12.1 Å². The summed E-state index contributed by atoms with van der Waals surface area (Å²) in [5.41, 5.74) is 3.01. The standard InChI is InChI=1S/C8H9BrN2O/c9-8-4-3-7(12-8)5-10-11-6-1-2-6/h3-6,11H,1-2H2/b10-5+. The number of hydrazone groups is 1. The molecule has 0 amide bonds. The highest BCUT2D eigenvalue weighted by atomic mass is 79.9. The molecule has 1 aliphatic rings. The molecule has 0 atom stereocenters. The zero-order chi connectivity index (χ0) is 8.39. The van der Waals surface area contributed by atoms with Crippen LogP contribution in [0, 0.1) is 0 Å². The first-order valence-electron chi connectivity index (χ1n) is 3.88. The number of halogens is 1. The second kappa shape index (κ2) is 3.31. The van der Waals surface area contributed by atoms with E-state index in [1.54, 1.807) is 6.21 Å². The predicted molar refractivity (Wildman–Crippen MR) is 50.2 cm³/mol. The fraction of sp³-hybridized carbons (Fsp3) is 0.375. The van der Waals surface area contributed by atoms with Gasteiger partial charge in [-0.15, -0.1) is 0 Å². The van der Waals surface area contributed by atoms with E-state index in [2.05, 4.69) is 26.5 Å². The van der Waals surface area contributed by atoms with Crippen LogP contribution in [-0.2, 0) is 0 Å². The van der Waals surface area contributed by atoms with E-state index in [0.717, 1.165) is 10.4 Å². The van der Waals surface area contributed by atoms with E-state index in [1.165, 1.54) is 12.8 Å². The number of furan rings is 1. The second-order valence-electron chi connectivity index (χ2n) is 2.80. The largest absolute Gasteiger partial charge is 0.448 e. The molecular weight excluding hydrogens is 220 g/mol. The lowest BCUT2D eigenvalue weighted by atomic mass is 10.5. The minimum atomic E-state index is 0.597. The molecule has 0 aliphatic heterocycles. The highest BCUT2D eigenvalue weighted by molar-refractivity contribution is 9.10. The molecule has 4 heteroatoms. The molecule has 1 aromatic heterocycles. The zero-order valence-corrected chi connectivity index (χ0v) is 8.04. The van der Waals surface area contributed by atoms with Gasteiger partial charge in [0.25, 0.3) is 0 Å². The highest BCUT2D eigenvalue weighted by Gasteiger charge is 2.19. The van der Waals surface area contributed by atoms with Gasteiger partial charge in [0.05, 0.1) is 6.21 Å². The molecule has 1 aliphatic carbocycles. The zero-order valence-electron chi connectivity index (χ0n) is 6.46. The van der Waals surface area contributed by atoms with Gasteiger partial charge >= 0.3 is 0 Å². The number of nitrogens with zero attached hydrogens (tertiary/aromatic N) is 1. The van der Waals surface area contributed by atoms with Gasteiger partial charge in [0.1, 0.15) is 5.76 Å². The molecule has 12 heavy (non-hydrogen) atoms. The molecule has 3 nitrogen and oxygen atoms in total. The van der Waals surface area contributed by atoms with Gasteiger partial charge in [-0.2, -0.15) is 5.10 Å². The van der Waals surface area contributed by atoms with Crippen molar-refractivity contribution < 1.29 is 4.42 Å². The third-order valence-corrected chi connectivity index (χ3v) is 2.05. The first-order valence-corrected chi connectivity index (χ1v) is 4.68. The van der Waals surface area contributed by atoms with E-state index in [0.29, 0.717) is 6.04 Å². The van der Waals surface area contributed by atoms with Crippen molar-refractivity contribution in [3.05, 3.63) is 22.6 Å². The Morgan fingerprint density at radius 3 is 3.00 bits per heavy atom. The molecule has 1 aromatic rings. The Labute approximate surface area is 79.0 Å². The fourth-order valence-electron chi connectivity index (χ4n) is 0.816. The maximum absolute atomic E-state index is 5.21. The first kappa shape index (κ1) is 7.86. The van der Waals surface area contributed by atoms with Crippen LogP contribution < -0.4 is 5.43 Å². The van der Waals surface area contributed by atoms with E-state index < -0.39 is 0 Å². The molecule has 64 valence electrons. The number of nitrogens with one attached hydrogen (secondary N) is 1. The maximum atomic E-state index is 5.21. The Balaban J connectivity index is 1.88. The van der Waals surface area contributed by atoms with Crippen molar-refractivity contribution in [3.63, 3.8) is 0 Å². The Hall–Kier alpha value is -0.770. The molecule has 0 spiro atoms. The molecule has 0 saturated heterocycles. The van der Waals surface area contributed by atoms with Crippen molar-refractivity contribution in [3.8, 4) is 0 Å². The van der Waals surface area contributed by atoms with Gasteiger partial charge in [-0.05, 0) is 40.9 Å². The summed E-state index contributed by atoms with van der Waals surface area (Å²) in [4.78, 5) is 0. The Morgan fingerprint density at radius 2 is 2.42 bits per heavy atom. The van der Waals surface area contributed by atoms with Crippen molar-refractivity contribution in [2.75, 3.05) is 0 Å². The van der Waals surface area contributed by atoms with Gasteiger partial charge in [0.2, 0.25) is 0 Å². The summed E-state index contributed by atoms with van der Waals surface area (Å²) in [7, 11) is 0. The van der Waals surface area contributed by atoms with Gasteiger partial charge in [0.15, 0.2) is 4.67 Å². The number of hydrogen-bond donors (Lipinski definition) is 1. The first-order chi connectivity index (χ1) is 5.84. The normalized spacial score (nSPS) is 17.1. The van der Waals surface area contributed by atoms with Crippen LogP contribution in [0.15, 0.2) is 26.3 Å². The maximum Gasteiger partial charge on any atom is 0.169 e. The van der Waals surface area contributed by atoms with Crippen LogP contribution in [-0.4, -0.2) is 12.3 Å². The third-order valence-electron chi connectivity index (χ3n) is 1.62. The summed E-state index contributed by atoms with van der Waals surface area (Å²) in [6.07, 6.45) is 4.15. The minimum Gasteiger partial charge on any atom is -0.448 e. The lowest BCUT2D eigenvalue weighted by molar-refractivity contribution is 0.533. The van der Waals surface area contributed by atoms with Crippen molar-refractivity contribution in [1.82, 2.24) is 5.43 Å². The van der Waals surface area contributed by atoms with E-state index in [-0.39, 0.29) is 0 Å². The summed E-state index contributed by atoms with van der Waals surface area (Å²) in [6.45, 7) is 0. The van der Waals surface area contributed by atoms with Crippen LogP contribution >= 0.6 is 15.9 Å². The average molecular weight is 229 g/mol. The highest BCUT2D eigenvalue weighted by Crippen LogP contribution is 2.18. The van der Waals surface area contributed by atoms with Crippen molar-refractivity contribution in [1.29, 1.82) is 0 Å². The van der Waals surface area contributed by atoms with Crippen LogP contribution in [0.2, 0.25) is 0 Å². The molecule has 1 N–H and O–H groups in total. The number of rotatable bonds is 3. The topological polar surface area (TPSA) is 37.5 Å². The summed E-state index contributed by atoms with van der Waals surface area (Å²) >= 11 is 3.22. The SMILES string of the molecule is Brc1ccc(/C=N/NC2CC2)o1. The third kappa shape index (κ3) is 2.11. The van der Waals surface area contributed by atoms with Gasteiger partial charge in [-0.1, -0.05) is 0 Å². The predicted octanol–water partition coefficient (Wildman–Crippen LogP) is 2.13. The summed E-state index contributed by atoms with van der Waals surface area (Å²) in [5.74, 6) is 0.759. The van der Waals surface area contributed by atoms with Crippen LogP contribution in [0.5, 0.6) is 0 Å². The molecule has 0 radical (unpaired) electrons. The average Bonchev–Trinajstić information content (AvgIpc) is 2.76. The monoisotopic (exact) mass is 228 g/mol. The molecule has 2 rings (SSSR count). The van der Waals surface area contributed by atoms with Crippen LogP contribution in [0.4, 0.5) is 0 Å². The van der Waals surface area contributed by atoms with Gasteiger partial charge in [-0.3, -0.25) is 0 Å². The molecule has 1 heterocycles. The smallest absolute Gasteiger partial charge is 0.169 e. The second-order valence-corrected chi connectivity index (χ2v) is 3.59. The Bertz CT molecular complexity index is 291. The van der Waals surface area contributed by atoms with Crippen molar-refractivity contribution in [2.45, 2.75) is 18.9 Å². The minimum absolute atomic E-state index is 0.597. The van der Waals surface area contributed by atoms with E-state index in [4.69, 9.17) is 4.42 Å². The fourth-order valence-corrected chi connectivity index (χ4v) is 1.14. The van der Waals surface area contributed by atoms with Gasteiger partial charge < -0.3 is 9.84 Å². The summed E-state index contributed by atoms with van der Waals surface area (Å²) in [5, 5.41) is 4.03. The van der Waals surface area contributed by atoms with Crippen LogP contribution in [0.1, 0.15) is 18.6 Å². The molecule has 1 fully saturated rings. The van der Waals surface area contributed by atoms with Crippen molar-refractivity contribution >= 4 is 22.1 Å². The molecular formula is C8H9BrN2O. The van der Waals surface area contributed by atoms with Crippen molar-refractivity contribution in [2.24, 2.45) is 5.10 Å². The Morgan fingerprint density at radius 1 is 1.58 bits per heavy atom. The molecule has 1 saturated carbocycles. The van der Waals surface area contributed by atoms with Gasteiger partial charge in [0, 0.05) is 6.04 Å². The van der Waals surface area contributed by atoms with Crippen LogP contribution in [0.3, 0.4) is 0 Å². The van der Waals surface area contributed by atoms with Crippen LogP contribution in [0.25, 0.3) is 0 Å². The van der Waals surface area contributed by atoms with Gasteiger partial charge in [-0.25, -0.2) is 0 Å². The van der Waals surface area contributed by atoms with E-state index >= 15 is 0 Å². The molecule has 0 unspecified atom stereocenters.